The first kappa shape index (κ1) is 9.54. The van der Waals surface area contributed by atoms with Crippen molar-refractivity contribution in [1.29, 1.82) is 0 Å². The zero-order valence-electron chi connectivity index (χ0n) is 7.57. The molecule has 0 aromatic heterocycles. The van der Waals surface area contributed by atoms with Gasteiger partial charge in [0, 0.05) is 5.70 Å². The van der Waals surface area contributed by atoms with E-state index >= 15 is 0 Å². The van der Waals surface area contributed by atoms with Gasteiger partial charge in [0.2, 0.25) is 0 Å². The molecule has 0 amide bonds. The van der Waals surface area contributed by atoms with Crippen LogP contribution in [0.25, 0.3) is 0 Å². The van der Waals surface area contributed by atoms with E-state index in [0.29, 0.717) is 11.3 Å². The van der Waals surface area contributed by atoms with Crippen LogP contribution in [-0.4, -0.2) is 0 Å². The van der Waals surface area contributed by atoms with Crippen LogP contribution in [0.2, 0.25) is 0 Å². The smallest absolute Gasteiger partial charge is 0.00364 e. The summed E-state index contributed by atoms with van der Waals surface area (Å²) in [5.41, 5.74) is 6.71. The Hall–Kier alpha value is -0.460. The molecule has 60 valence electrons. The van der Waals surface area contributed by atoms with E-state index in [1.54, 1.807) is 0 Å². The lowest BCUT2D eigenvalue weighted by molar-refractivity contribution is 0.328. The Morgan fingerprint density at radius 3 is 2.00 bits per heavy atom. The van der Waals surface area contributed by atoms with Crippen LogP contribution in [0.1, 0.15) is 34.1 Å². The molecule has 0 radical (unpaired) electrons. The molecular weight excluding hydrogens is 122 g/mol. The Morgan fingerprint density at radius 1 is 1.50 bits per heavy atom. The van der Waals surface area contributed by atoms with Crippen molar-refractivity contribution in [1.82, 2.24) is 0 Å². The summed E-state index contributed by atoms with van der Waals surface area (Å²) in [6, 6.07) is 0. The van der Waals surface area contributed by atoms with Crippen molar-refractivity contribution in [3.8, 4) is 0 Å². The predicted octanol–water partition coefficient (Wildman–Crippen LogP) is 2.53. The number of allylic oxidation sites excluding steroid dienone is 1. The first-order valence-corrected chi connectivity index (χ1v) is 3.77. The number of hydrogen-bond acceptors (Lipinski definition) is 1. The summed E-state index contributed by atoms with van der Waals surface area (Å²) in [6.45, 7) is 12.5. The van der Waals surface area contributed by atoms with Gasteiger partial charge in [-0.15, -0.1) is 0 Å². The fraction of sp³-hybridized carbons (Fsp3) is 0.778. The van der Waals surface area contributed by atoms with E-state index < -0.39 is 0 Å². The minimum absolute atomic E-state index is 0.363. The van der Waals surface area contributed by atoms with Gasteiger partial charge in [0.1, 0.15) is 0 Å². The Labute approximate surface area is 64.3 Å². The van der Waals surface area contributed by atoms with Crippen LogP contribution < -0.4 is 5.73 Å². The summed E-state index contributed by atoms with van der Waals surface area (Å²) in [5.74, 6) is 0.444. The third-order valence-electron chi connectivity index (χ3n) is 1.55. The molecular formula is C9H19N. The fourth-order valence-corrected chi connectivity index (χ4v) is 1.05. The second-order valence-corrected chi connectivity index (χ2v) is 4.24. The van der Waals surface area contributed by atoms with Crippen molar-refractivity contribution in [3.63, 3.8) is 0 Å². The molecule has 0 aromatic rings. The summed E-state index contributed by atoms with van der Waals surface area (Å²) in [5, 5.41) is 0. The van der Waals surface area contributed by atoms with Gasteiger partial charge in [-0.05, 0) is 17.8 Å². The zero-order chi connectivity index (χ0) is 8.36. The molecule has 0 aliphatic heterocycles. The van der Waals surface area contributed by atoms with Crippen LogP contribution in [0.15, 0.2) is 12.3 Å². The molecule has 10 heavy (non-hydrogen) atoms. The standard InChI is InChI=1S/C9H19N/c1-7(8(2)10)6-9(3,4)5/h7H,2,6,10H2,1,3-5H3. The molecule has 0 rings (SSSR count). The lowest BCUT2D eigenvalue weighted by atomic mass is 9.84. The molecule has 0 aliphatic carbocycles. The highest BCUT2D eigenvalue weighted by atomic mass is 14.6. The second kappa shape index (κ2) is 3.09. The van der Waals surface area contributed by atoms with Crippen molar-refractivity contribution in [3.05, 3.63) is 12.3 Å². The highest BCUT2D eigenvalue weighted by Gasteiger charge is 2.15. The van der Waals surface area contributed by atoms with Gasteiger partial charge in [-0.1, -0.05) is 34.3 Å². The van der Waals surface area contributed by atoms with Crippen LogP contribution in [0.3, 0.4) is 0 Å². The number of hydrogen-bond donors (Lipinski definition) is 1. The molecule has 0 saturated heterocycles. The highest BCUT2D eigenvalue weighted by molar-refractivity contribution is 4.93. The fourth-order valence-electron chi connectivity index (χ4n) is 1.05. The molecule has 0 aromatic carbocycles. The van der Waals surface area contributed by atoms with E-state index in [1.807, 2.05) is 0 Å². The van der Waals surface area contributed by atoms with Crippen molar-refractivity contribution in [2.75, 3.05) is 0 Å². The van der Waals surface area contributed by atoms with E-state index in [0.717, 1.165) is 12.1 Å². The molecule has 0 spiro atoms. The van der Waals surface area contributed by atoms with Gasteiger partial charge < -0.3 is 5.73 Å². The monoisotopic (exact) mass is 141 g/mol. The third kappa shape index (κ3) is 4.42. The average molecular weight is 141 g/mol. The Balaban J connectivity index is 3.80. The lowest BCUT2D eigenvalue weighted by Crippen LogP contribution is -2.15. The first-order valence-electron chi connectivity index (χ1n) is 3.77. The minimum atomic E-state index is 0.363. The maximum atomic E-state index is 5.55. The minimum Gasteiger partial charge on any atom is -0.402 e. The van der Waals surface area contributed by atoms with Crippen LogP contribution in [0, 0.1) is 11.3 Å². The summed E-state index contributed by atoms with van der Waals surface area (Å²) in [6.07, 6.45) is 1.11. The van der Waals surface area contributed by atoms with Gasteiger partial charge in [-0.25, -0.2) is 0 Å². The van der Waals surface area contributed by atoms with Gasteiger partial charge >= 0.3 is 0 Å². The molecule has 0 saturated carbocycles. The highest BCUT2D eigenvalue weighted by Crippen LogP contribution is 2.25. The van der Waals surface area contributed by atoms with Crippen LogP contribution in [0.4, 0.5) is 0 Å². The SMILES string of the molecule is C=C(N)C(C)CC(C)(C)C. The topological polar surface area (TPSA) is 26.0 Å². The molecule has 0 fully saturated rings. The van der Waals surface area contributed by atoms with Crippen molar-refractivity contribution >= 4 is 0 Å². The second-order valence-electron chi connectivity index (χ2n) is 4.24. The summed E-state index contributed by atoms with van der Waals surface area (Å²) in [7, 11) is 0. The molecule has 1 heteroatoms. The Bertz CT molecular complexity index is 119. The van der Waals surface area contributed by atoms with E-state index in [-0.39, 0.29) is 0 Å². The molecule has 2 N–H and O–H groups in total. The van der Waals surface area contributed by atoms with Crippen molar-refractivity contribution in [2.24, 2.45) is 17.1 Å². The van der Waals surface area contributed by atoms with E-state index in [2.05, 4.69) is 34.3 Å². The lowest BCUT2D eigenvalue weighted by Gasteiger charge is -2.22. The van der Waals surface area contributed by atoms with Crippen molar-refractivity contribution < 1.29 is 0 Å². The first-order chi connectivity index (χ1) is 4.33. The molecule has 0 aliphatic rings. The van der Waals surface area contributed by atoms with Crippen LogP contribution in [-0.2, 0) is 0 Å². The summed E-state index contributed by atoms with van der Waals surface area (Å²) < 4.78 is 0. The van der Waals surface area contributed by atoms with E-state index in [1.165, 1.54) is 0 Å². The van der Waals surface area contributed by atoms with Gasteiger partial charge in [-0.2, -0.15) is 0 Å². The summed E-state index contributed by atoms with van der Waals surface area (Å²) in [4.78, 5) is 0. The van der Waals surface area contributed by atoms with Gasteiger partial charge in [0.05, 0.1) is 0 Å². The molecule has 1 unspecified atom stereocenters. The predicted molar refractivity (Wildman–Crippen MR) is 46.6 cm³/mol. The molecule has 0 bridgehead atoms. The van der Waals surface area contributed by atoms with Gasteiger partial charge in [0.15, 0.2) is 0 Å². The van der Waals surface area contributed by atoms with E-state index in [4.69, 9.17) is 5.73 Å². The third-order valence-corrected chi connectivity index (χ3v) is 1.55. The van der Waals surface area contributed by atoms with E-state index in [9.17, 15) is 0 Å². The zero-order valence-corrected chi connectivity index (χ0v) is 7.57. The Morgan fingerprint density at radius 2 is 1.90 bits per heavy atom. The quantitative estimate of drug-likeness (QED) is 0.628. The number of rotatable bonds is 2. The Kier molecular flexibility index (Phi) is 2.95. The largest absolute Gasteiger partial charge is 0.402 e. The maximum absolute atomic E-state index is 5.55. The molecule has 1 nitrogen and oxygen atoms in total. The van der Waals surface area contributed by atoms with Crippen molar-refractivity contribution in [2.45, 2.75) is 34.1 Å². The number of nitrogens with two attached hydrogens (primary N) is 1. The maximum Gasteiger partial charge on any atom is 0.00364 e. The van der Waals surface area contributed by atoms with Crippen LogP contribution in [0.5, 0.6) is 0 Å². The average Bonchev–Trinajstić information content (AvgIpc) is 1.60. The van der Waals surface area contributed by atoms with Gasteiger partial charge in [-0.3, -0.25) is 0 Å². The van der Waals surface area contributed by atoms with Gasteiger partial charge in [0.25, 0.3) is 0 Å². The molecule has 1 atom stereocenters. The normalized spacial score (nSPS) is 14.8. The van der Waals surface area contributed by atoms with Crippen LogP contribution >= 0.6 is 0 Å². The molecule has 0 heterocycles. The summed E-state index contributed by atoms with van der Waals surface area (Å²) >= 11 is 0.